The fourth-order valence-electron chi connectivity index (χ4n) is 8.63. The number of carboxylic acids is 2. The van der Waals surface area contributed by atoms with Gasteiger partial charge in [-0.25, -0.2) is 9.59 Å². The maximum absolute atomic E-state index is 12.2. The van der Waals surface area contributed by atoms with Crippen molar-refractivity contribution in [1.29, 1.82) is 0 Å². The minimum Gasteiger partial charge on any atom is -0.479 e. The largest absolute Gasteiger partial charge is 0.479 e. The molecule has 31 nitrogen and oxygen atoms in total. The third-order valence-corrected chi connectivity index (χ3v) is 13.0. The number of ether oxygens (including phenoxy) is 12. The van der Waals surface area contributed by atoms with E-state index in [0.29, 0.717) is 0 Å². The third-order valence-electron chi connectivity index (χ3n) is 13.0. The first-order chi connectivity index (χ1) is 32.8. The lowest BCUT2D eigenvalue weighted by atomic mass is 9.95. The summed E-state index contributed by atoms with van der Waals surface area (Å²) in [6, 6.07) is 0. The number of fused-ring (bicyclic) bond motifs is 1. The molecule has 6 heterocycles. The first kappa shape index (κ1) is 57.1. The summed E-state index contributed by atoms with van der Waals surface area (Å²) >= 11 is 0. The van der Waals surface area contributed by atoms with Crippen molar-refractivity contribution in [2.24, 2.45) is 0 Å². The number of aliphatic carboxylic acids is 2. The van der Waals surface area contributed by atoms with Crippen LogP contribution in [0.1, 0.15) is 27.7 Å². The fraction of sp³-hybridized carbons (Fsp3) is 0.949. The fourth-order valence-corrected chi connectivity index (χ4v) is 8.63. The zero-order chi connectivity index (χ0) is 52.0. The highest BCUT2D eigenvalue weighted by Gasteiger charge is 2.59. The Hall–Kier alpha value is -2.14. The van der Waals surface area contributed by atoms with E-state index >= 15 is 0 Å². The molecule has 6 rings (SSSR count). The van der Waals surface area contributed by atoms with Crippen molar-refractivity contribution < 1.29 is 153 Å². The number of hydrogen-bond donors (Lipinski definition) is 17. The van der Waals surface area contributed by atoms with E-state index in [1.807, 2.05) is 0 Å². The number of rotatable bonds is 17. The zero-order valence-electron chi connectivity index (χ0n) is 37.7. The van der Waals surface area contributed by atoms with Crippen LogP contribution in [0.3, 0.4) is 0 Å². The van der Waals surface area contributed by atoms with Crippen molar-refractivity contribution in [3.8, 4) is 0 Å². The summed E-state index contributed by atoms with van der Waals surface area (Å²) in [6.07, 6.45) is -56.0. The number of carboxylic acid groups (broad SMARTS) is 2. The summed E-state index contributed by atoms with van der Waals surface area (Å²) in [5.41, 5.74) is 0. The van der Waals surface area contributed by atoms with Crippen molar-refractivity contribution in [1.82, 2.24) is 0 Å². The SMILES string of the molecule is C[C@@H]1O[C@@H](O[C@@H]([C@@H](O)[C@H](O)CO)[C@@H](O)CO)[C@H](O[C@@H]2O[C@@H](C)[C@H](O)[C@@H](O[C@@H]3O[C@@H](C)[C@H](O)[C@@H](O)[C@H]3O[C@@H]3O[C@H](C(=O)O)[C@@H](O)[C@H](O)[C@H]3O[C@@H]3O[C@@H]4COC(C)(C(=O)O)O[C@H]4[C@H](O)[C@H]3O)[C@H]2O)[C@H](O)[C@H]1O. The molecule has 70 heavy (non-hydrogen) atoms. The molecular weight excluding hydrogens is 964 g/mol. The van der Waals surface area contributed by atoms with E-state index < -0.39 is 215 Å². The van der Waals surface area contributed by atoms with Crippen LogP contribution >= 0.6 is 0 Å². The van der Waals surface area contributed by atoms with Gasteiger partial charge in [0.15, 0.2) is 37.6 Å². The molecule has 6 saturated heterocycles. The normalized spacial score (nSPS) is 49.8. The van der Waals surface area contributed by atoms with Crippen LogP contribution in [-0.4, -0.2) is 302 Å². The van der Waals surface area contributed by atoms with Gasteiger partial charge in [-0.15, -0.1) is 0 Å². The molecule has 0 spiro atoms. The number of aliphatic hydroxyl groups is 15. The average molecular weight is 1030 g/mol. The molecule has 6 aliphatic heterocycles. The Morgan fingerprint density at radius 3 is 1.54 bits per heavy atom. The van der Waals surface area contributed by atoms with Gasteiger partial charge in [0, 0.05) is 6.92 Å². The molecule has 0 saturated carbocycles. The second-order valence-corrected chi connectivity index (χ2v) is 18.0. The second-order valence-electron chi connectivity index (χ2n) is 18.0. The molecule has 0 radical (unpaired) electrons. The first-order valence-electron chi connectivity index (χ1n) is 22.2. The summed E-state index contributed by atoms with van der Waals surface area (Å²) in [7, 11) is 0. The van der Waals surface area contributed by atoms with Crippen molar-refractivity contribution in [2.45, 2.75) is 211 Å². The van der Waals surface area contributed by atoms with Crippen LogP contribution in [0.5, 0.6) is 0 Å². The Balaban J connectivity index is 1.25. The molecule has 406 valence electrons. The van der Waals surface area contributed by atoms with Crippen LogP contribution in [-0.2, 0) is 66.4 Å². The predicted molar refractivity (Wildman–Crippen MR) is 211 cm³/mol. The average Bonchev–Trinajstić information content (AvgIpc) is 3.32. The van der Waals surface area contributed by atoms with E-state index in [0.717, 1.165) is 6.92 Å². The van der Waals surface area contributed by atoms with E-state index in [1.165, 1.54) is 20.8 Å². The molecule has 30 atom stereocenters. The number of hydrogen-bond acceptors (Lipinski definition) is 29. The Labute approximate surface area is 396 Å². The van der Waals surface area contributed by atoms with Crippen LogP contribution in [0, 0.1) is 0 Å². The zero-order valence-corrected chi connectivity index (χ0v) is 37.7. The van der Waals surface area contributed by atoms with E-state index in [2.05, 4.69) is 0 Å². The van der Waals surface area contributed by atoms with Gasteiger partial charge in [0.25, 0.3) is 5.79 Å². The molecule has 17 N–H and O–H groups in total. The minimum atomic E-state index is -2.32. The molecule has 6 fully saturated rings. The van der Waals surface area contributed by atoms with E-state index in [1.54, 1.807) is 0 Å². The smallest absolute Gasteiger partial charge is 0.364 e. The lowest BCUT2D eigenvalue weighted by Crippen LogP contribution is -2.69. The monoisotopic (exact) mass is 1030 g/mol. The van der Waals surface area contributed by atoms with Crippen LogP contribution in [0.15, 0.2) is 0 Å². The maximum atomic E-state index is 12.2. The van der Waals surface area contributed by atoms with Crippen LogP contribution in [0.2, 0.25) is 0 Å². The summed E-state index contributed by atoms with van der Waals surface area (Å²) in [5.74, 6) is -5.71. The maximum Gasteiger partial charge on any atom is 0.364 e. The minimum absolute atomic E-state index is 0.556. The number of carbonyl (C=O) groups is 2. The summed E-state index contributed by atoms with van der Waals surface area (Å²) in [4.78, 5) is 24.0. The van der Waals surface area contributed by atoms with Gasteiger partial charge >= 0.3 is 11.9 Å². The lowest BCUT2D eigenvalue weighted by molar-refractivity contribution is -0.413. The van der Waals surface area contributed by atoms with Gasteiger partial charge in [0.05, 0.1) is 38.1 Å². The van der Waals surface area contributed by atoms with Gasteiger partial charge in [-0.05, 0) is 20.8 Å². The lowest BCUT2D eigenvalue weighted by Gasteiger charge is -2.51. The summed E-state index contributed by atoms with van der Waals surface area (Å²) < 4.78 is 68.1. The topological polar surface area (TPSA) is 489 Å². The van der Waals surface area contributed by atoms with E-state index in [-0.39, 0.29) is 0 Å². The van der Waals surface area contributed by atoms with Gasteiger partial charge in [0.2, 0.25) is 0 Å². The van der Waals surface area contributed by atoms with Crippen LogP contribution < -0.4 is 0 Å². The highest BCUT2D eigenvalue weighted by atomic mass is 16.8. The van der Waals surface area contributed by atoms with Crippen molar-refractivity contribution >= 4 is 11.9 Å². The van der Waals surface area contributed by atoms with Gasteiger partial charge in [-0.3, -0.25) is 0 Å². The number of aliphatic hydroxyl groups excluding tert-OH is 15. The highest BCUT2D eigenvalue weighted by molar-refractivity contribution is 5.75. The predicted octanol–water partition coefficient (Wildman–Crippen LogP) is -10.4. The highest BCUT2D eigenvalue weighted by Crippen LogP contribution is 2.38. The molecule has 0 amide bonds. The Bertz CT molecular complexity index is 1720. The molecule has 0 aromatic heterocycles. The van der Waals surface area contributed by atoms with Crippen LogP contribution in [0.4, 0.5) is 0 Å². The van der Waals surface area contributed by atoms with Crippen molar-refractivity contribution in [2.75, 3.05) is 19.8 Å². The van der Waals surface area contributed by atoms with Gasteiger partial charge in [-0.2, -0.15) is 0 Å². The Morgan fingerprint density at radius 1 is 0.543 bits per heavy atom. The molecule has 31 heteroatoms. The van der Waals surface area contributed by atoms with E-state index in [9.17, 15) is 96.4 Å². The van der Waals surface area contributed by atoms with Gasteiger partial charge < -0.3 is 144 Å². The van der Waals surface area contributed by atoms with E-state index in [4.69, 9.17) is 56.8 Å². The Morgan fingerprint density at radius 2 is 1.00 bits per heavy atom. The molecule has 1 unspecified atom stereocenters. The molecule has 0 aromatic carbocycles. The molecular formula is C39H64O31. The van der Waals surface area contributed by atoms with Crippen LogP contribution in [0.25, 0.3) is 0 Å². The molecule has 0 aromatic rings. The second kappa shape index (κ2) is 23.2. The van der Waals surface area contributed by atoms with Gasteiger partial charge in [0.1, 0.15) is 122 Å². The quantitative estimate of drug-likeness (QED) is 0.0643. The van der Waals surface area contributed by atoms with Gasteiger partial charge in [-0.1, -0.05) is 0 Å². The van der Waals surface area contributed by atoms with Crippen molar-refractivity contribution in [3.05, 3.63) is 0 Å². The molecule has 0 aliphatic carbocycles. The Kier molecular flexibility index (Phi) is 18.9. The first-order valence-corrected chi connectivity index (χ1v) is 22.2. The third kappa shape index (κ3) is 11.6. The molecule has 6 aliphatic rings. The summed E-state index contributed by atoms with van der Waals surface area (Å²) in [5, 5.41) is 181. The molecule has 0 bridgehead atoms. The van der Waals surface area contributed by atoms with Crippen molar-refractivity contribution in [3.63, 3.8) is 0 Å². The summed E-state index contributed by atoms with van der Waals surface area (Å²) in [6.45, 7) is 2.16. The standard InChI is InChI=1S/C39H64O31/c1-8-14(44)18(48)29(35(61-8)64-25(12(43)6-41)17(47)11(42)5-40)68-34-24(54)27(16(46)10(3)60-34)65-36-30(19(49)15(45)9(2)62-36)69-37-31(21(51)20(50)28(66-37)32(55)56)67-33-23(53)22(52)26-13(63-33)7-59-39(4,70-26)38(57)58/h8-31,33-37,40-54H,5-7H2,1-4H3,(H,55,56)(H,57,58)/t8-,9-,10-,11+,12-,13+,14-,15-,16-,17-,18+,19+,20-,21-,22+,23+,24+,25+,26+,27+,28-,29+,30+,31+,33-,34-,35-,36-,37-,39?/m0/s1.